The van der Waals surface area contributed by atoms with Gasteiger partial charge in [0.2, 0.25) is 41.4 Å². The lowest BCUT2D eigenvalue weighted by atomic mass is 10.0. The topological polar surface area (TPSA) is 432 Å². The van der Waals surface area contributed by atoms with E-state index in [0.29, 0.717) is 25.0 Å². The van der Waals surface area contributed by atoms with Crippen LogP contribution in [0.25, 0.3) is 0 Å². The first kappa shape index (κ1) is 56.4. The van der Waals surface area contributed by atoms with Crippen molar-refractivity contribution in [2.24, 2.45) is 39.6 Å². The maximum atomic E-state index is 12.7. The summed E-state index contributed by atoms with van der Waals surface area (Å²) in [6, 6.07) is 1.11. The summed E-state index contributed by atoms with van der Waals surface area (Å²) in [4.78, 5) is 99.9. The number of rotatable bonds is 28. The number of carbonyl (C=O) groups excluding carboxylic acids is 7. The van der Waals surface area contributed by atoms with Crippen LogP contribution in [0.4, 0.5) is 0 Å². The predicted octanol–water partition coefficient (Wildman–Crippen LogP) is -6.19. The van der Waals surface area contributed by atoms with Crippen LogP contribution >= 0.6 is 11.8 Å². The number of carboxylic acids is 1. The van der Waals surface area contributed by atoms with E-state index in [9.17, 15) is 53.7 Å². The summed E-state index contributed by atoms with van der Waals surface area (Å²) in [6.45, 7) is 1.20. The van der Waals surface area contributed by atoms with Gasteiger partial charge in [0.1, 0.15) is 36.3 Å². The second kappa shape index (κ2) is 31.3. The highest BCUT2D eigenvalue weighted by Crippen LogP contribution is 2.08. The van der Waals surface area contributed by atoms with E-state index >= 15 is 0 Å². The molecule has 1 aromatic carbocycles. The number of hydrogen-bond donors (Lipinski definition) is 15. The van der Waals surface area contributed by atoms with Crippen LogP contribution in [0.3, 0.4) is 0 Å². The van der Waals surface area contributed by atoms with Crippen molar-refractivity contribution in [2.75, 3.05) is 44.9 Å². The fourth-order valence-corrected chi connectivity index (χ4v) is 5.53. The second-order valence-corrected chi connectivity index (χ2v) is 15.1. The van der Waals surface area contributed by atoms with Crippen LogP contribution in [0.15, 0.2) is 35.3 Å². The average Bonchev–Trinajstić information content (AvgIpc) is 3.22. The van der Waals surface area contributed by atoms with Crippen molar-refractivity contribution in [1.29, 1.82) is 0 Å². The summed E-state index contributed by atoms with van der Waals surface area (Å²) in [6.07, 6.45) is 3.21. The second-order valence-electron chi connectivity index (χ2n) is 14.1. The van der Waals surface area contributed by atoms with Crippen LogP contribution in [-0.4, -0.2) is 161 Å². The van der Waals surface area contributed by atoms with E-state index in [0.717, 1.165) is 5.56 Å². The summed E-state index contributed by atoms with van der Waals surface area (Å²) in [5.74, 6) is -5.81. The third-order valence-electron chi connectivity index (χ3n) is 8.41. The van der Waals surface area contributed by atoms with Gasteiger partial charge >= 0.3 is 5.97 Å². The van der Waals surface area contributed by atoms with Gasteiger partial charge in [0, 0.05) is 6.54 Å². The van der Waals surface area contributed by atoms with E-state index in [-0.39, 0.29) is 37.8 Å². The molecule has 0 spiro atoms. The molecule has 1 rings (SSSR count). The van der Waals surface area contributed by atoms with Crippen LogP contribution in [-0.2, 0) is 44.8 Å². The highest BCUT2D eigenvalue weighted by atomic mass is 32.2. The molecule has 0 aromatic heterocycles. The zero-order chi connectivity index (χ0) is 47.4. The number of aliphatic hydroxyl groups excluding tert-OH is 3. The molecule has 20 N–H and O–H groups in total. The normalized spacial score (nSPS) is 14.1. The molecular weight excluding hydrogens is 837 g/mol. The summed E-state index contributed by atoms with van der Waals surface area (Å²) >= 11 is 1.54. The molecular formula is C37H64N12O12S. The molecule has 0 radical (unpaired) electrons. The van der Waals surface area contributed by atoms with Crippen molar-refractivity contribution in [1.82, 2.24) is 31.9 Å². The molecule has 7 amide bonds. The van der Waals surface area contributed by atoms with Gasteiger partial charge in [-0.1, -0.05) is 44.2 Å². The minimum Gasteiger partial charge on any atom is -0.480 e. The lowest BCUT2D eigenvalue weighted by Gasteiger charge is -2.23. The smallest absolute Gasteiger partial charge is 0.326 e. The van der Waals surface area contributed by atoms with Gasteiger partial charge in [-0.2, -0.15) is 11.8 Å². The lowest BCUT2D eigenvalue weighted by molar-refractivity contribution is -0.143. The SMILES string of the molecule is CSCC[C@H](NC(=O)[C@H](CC(C)C)NC(=O)CNC(=O)[C@@H](N)Cc1ccccc1)C(N)=O.NC(N)=NCCC[C@H](NC(=O)[C@H](CO)NC(=O)[C@H](CO)NC(=O)[C@@H](N)CO)C(=O)O. The van der Waals surface area contributed by atoms with Gasteiger partial charge in [-0.3, -0.25) is 38.6 Å². The summed E-state index contributed by atoms with van der Waals surface area (Å²) < 4.78 is 0. The van der Waals surface area contributed by atoms with E-state index in [2.05, 4.69) is 36.9 Å². The number of aliphatic hydroxyl groups is 3. The Bertz CT molecular complexity index is 1620. The Hall–Kier alpha value is -5.60. The third kappa shape index (κ3) is 24.0. The summed E-state index contributed by atoms with van der Waals surface area (Å²) in [5.41, 5.74) is 27.8. The number of guanidine groups is 1. The molecule has 0 aliphatic carbocycles. The van der Waals surface area contributed by atoms with E-state index in [1.54, 1.807) is 0 Å². The number of amides is 7. The number of aliphatic carboxylic acids is 1. The maximum Gasteiger partial charge on any atom is 0.326 e. The van der Waals surface area contributed by atoms with Gasteiger partial charge in [-0.25, -0.2) is 4.79 Å². The van der Waals surface area contributed by atoms with Crippen LogP contribution in [0.5, 0.6) is 0 Å². The van der Waals surface area contributed by atoms with Crippen LogP contribution in [0.1, 0.15) is 45.1 Å². The number of primary amides is 1. The number of carboxylic acid groups (broad SMARTS) is 1. The number of hydrogen-bond acceptors (Lipinski definition) is 15. The molecule has 0 aliphatic heterocycles. The molecule has 62 heavy (non-hydrogen) atoms. The minimum atomic E-state index is -1.56. The Morgan fingerprint density at radius 2 is 1.21 bits per heavy atom. The molecule has 24 nitrogen and oxygen atoms in total. The first-order chi connectivity index (χ1) is 29.2. The molecule has 350 valence electrons. The highest BCUT2D eigenvalue weighted by molar-refractivity contribution is 7.98. The Morgan fingerprint density at radius 1 is 0.677 bits per heavy atom. The van der Waals surface area contributed by atoms with E-state index in [4.69, 9.17) is 33.8 Å². The quantitative estimate of drug-likeness (QED) is 0.0211. The predicted molar refractivity (Wildman–Crippen MR) is 229 cm³/mol. The molecule has 0 heterocycles. The Labute approximate surface area is 363 Å². The number of carbonyl (C=O) groups is 8. The number of nitrogens with two attached hydrogens (primary N) is 5. The molecule has 0 aliphatic rings. The molecule has 0 saturated carbocycles. The molecule has 7 atom stereocenters. The van der Waals surface area contributed by atoms with Gasteiger partial charge in [-0.05, 0) is 55.6 Å². The van der Waals surface area contributed by atoms with Crippen molar-refractivity contribution in [2.45, 2.75) is 88.2 Å². The first-order valence-electron chi connectivity index (χ1n) is 19.4. The standard InChI is InChI=1S/C22H35N5O4S.C15H29N7O8/c1-14(2)11-18(22(31)27-17(20(24)29)9-10-32-3)26-19(28)13-25-21(30)16(23)12-15-7-5-4-6-8-15;16-7(4-23)11(26)21-9(5-24)13(28)22-10(6-25)12(27)20-8(14(29)30)2-1-3-19-15(17)18/h4-8,14,16-18H,9-13,23H2,1-3H3,(H2,24,29)(H,25,30)(H,26,28)(H,27,31);7-10,23-25H,1-6,16H2,(H,20,27)(H,21,26)(H,22,28)(H,29,30)(H4,17,18,19)/t16-,17-,18-;7-,8-,9-,10-/m00/s1. The Morgan fingerprint density at radius 3 is 1.69 bits per heavy atom. The maximum absolute atomic E-state index is 12.7. The number of nitrogens with zero attached hydrogens (tertiary/aromatic N) is 1. The fourth-order valence-electron chi connectivity index (χ4n) is 5.06. The van der Waals surface area contributed by atoms with Crippen LogP contribution < -0.4 is 60.6 Å². The number of aliphatic imine (C=N–C) groups is 1. The van der Waals surface area contributed by atoms with Crippen LogP contribution in [0.2, 0.25) is 0 Å². The molecule has 0 fully saturated rings. The van der Waals surface area contributed by atoms with Gasteiger partial charge < -0.3 is 81.0 Å². The van der Waals surface area contributed by atoms with Gasteiger partial charge in [-0.15, -0.1) is 0 Å². The van der Waals surface area contributed by atoms with E-state index < -0.39 is 109 Å². The number of nitrogens with one attached hydrogen (secondary N) is 6. The monoisotopic (exact) mass is 900 g/mol. The Balaban J connectivity index is 0.00000120. The van der Waals surface area contributed by atoms with Gasteiger partial charge in [0.25, 0.3) is 0 Å². The van der Waals surface area contributed by atoms with Crippen molar-refractivity contribution in [3.8, 4) is 0 Å². The van der Waals surface area contributed by atoms with Crippen molar-refractivity contribution >= 4 is 65.0 Å². The van der Waals surface area contributed by atoms with Crippen LogP contribution in [0, 0.1) is 5.92 Å². The number of benzene rings is 1. The van der Waals surface area contributed by atoms with Crippen molar-refractivity contribution in [3.63, 3.8) is 0 Å². The van der Waals surface area contributed by atoms with E-state index in [1.165, 1.54) is 11.8 Å². The fraction of sp³-hybridized carbons (Fsp3) is 0.595. The highest BCUT2D eigenvalue weighted by Gasteiger charge is 2.30. The summed E-state index contributed by atoms with van der Waals surface area (Å²) in [5, 5.41) is 50.7. The minimum absolute atomic E-state index is 0.0294. The third-order valence-corrected chi connectivity index (χ3v) is 9.06. The molecule has 0 bridgehead atoms. The summed E-state index contributed by atoms with van der Waals surface area (Å²) in [7, 11) is 0. The zero-order valence-corrected chi connectivity index (χ0v) is 35.9. The molecule has 25 heteroatoms. The van der Waals surface area contributed by atoms with Crippen molar-refractivity contribution < 1.29 is 58.8 Å². The molecule has 1 aromatic rings. The van der Waals surface area contributed by atoms with Gasteiger partial charge in [0.05, 0.1) is 32.4 Å². The zero-order valence-electron chi connectivity index (χ0n) is 35.1. The first-order valence-corrected chi connectivity index (χ1v) is 20.8. The van der Waals surface area contributed by atoms with Gasteiger partial charge in [0.15, 0.2) is 5.96 Å². The Kier molecular flexibility index (Phi) is 28.5. The molecule has 0 unspecified atom stereocenters. The molecule has 0 saturated heterocycles. The number of thioether (sulfide) groups is 1. The average molecular weight is 901 g/mol. The largest absolute Gasteiger partial charge is 0.480 e. The lowest BCUT2D eigenvalue weighted by Crippen LogP contribution is -2.59. The van der Waals surface area contributed by atoms with Crippen molar-refractivity contribution in [3.05, 3.63) is 35.9 Å². The van der Waals surface area contributed by atoms with E-state index in [1.807, 2.05) is 50.4 Å².